The molecular formula is C11H19N3O. The second-order valence-electron chi connectivity index (χ2n) is 4.39. The molecule has 4 heteroatoms. The molecule has 4 nitrogen and oxygen atoms in total. The van der Waals surface area contributed by atoms with Gasteiger partial charge in [-0.3, -0.25) is 9.58 Å². The van der Waals surface area contributed by atoms with Crippen LogP contribution in [0.25, 0.3) is 0 Å². The van der Waals surface area contributed by atoms with Gasteiger partial charge in [0.25, 0.3) is 0 Å². The van der Waals surface area contributed by atoms with Crippen LogP contribution in [0.2, 0.25) is 0 Å². The molecule has 15 heavy (non-hydrogen) atoms. The predicted molar refractivity (Wildman–Crippen MR) is 58.5 cm³/mol. The molecule has 0 bridgehead atoms. The molecular weight excluding hydrogens is 190 g/mol. The van der Waals surface area contributed by atoms with E-state index in [2.05, 4.69) is 29.9 Å². The van der Waals surface area contributed by atoms with Crippen LogP contribution < -0.4 is 0 Å². The second kappa shape index (κ2) is 4.33. The maximum atomic E-state index is 9.16. The molecule has 1 aliphatic heterocycles. The Balaban J connectivity index is 1.90. The number of β-amino-alcohol motifs (C(OH)–C–C–N with tert-alkyl or cyclic N) is 1. The summed E-state index contributed by atoms with van der Waals surface area (Å²) in [5.74, 6) is 0. The SMILES string of the molecule is CCC(C)n1ccc(CN2CC(O)C2)n1. The number of nitrogens with zero attached hydrogens (tertiary/aromatic N) is 3. The van der Waals surface area contributed by atoms with Crippen molar-refractivity contribution in [3.05, 3.63) is 18.0 Å². The lowest BCUT2D eigenvalue weighted by Gasteiger charge is -2.35. The van der Waals surface area contributed by atoms with E-state index in [0.717, 1.165) is 31.7 Å². The van der Waals surface area contributed by atoms with E-state index in [1.165, 1.54) is 0 Å². The molecule has 0 spiro atoms. The summed E-state index contributed by atoms with van der Waals surface area (Å²) in [4.78, 5) is 2.20. The van der Waals surface area contributed by atoms with Gasteiger partial charge in [0.2, 0.25) is 0 Å². The molecule has 0 aromatic carbocycles. The number of likely N-dealkylation sites (tertiary alicyclic amines) is 1. The summed E-state index contributed by atoms with van der Waals surface area (Å²) < 4.78 is 2.02. The minimum absolute atomic E-state index is 0.123. The molecule has 1 aliphatic rings. The molecule has 1 fully saturated rings. The van der Waals surface area contributed by atoms with Crippen LogP contribution in [0.1, 0.15) is 32.0 Å². The van der Waals surface area contributed by atoms with Crippen LogP contribution >= 0.6 is 0 Å². The van der Waals surface area contributed by atoms with Crippen LogP contribution in [-0.4, -0.2) is 39.0 Å². The lowest BCUT2D eigenvalue weighted by atomic mass is 10.1. The number of hydrogen-bond acceptors (Lipinski definition) is 3. The molecule has 84 valence electrons. The van der Waals surface area contributed by atoms with E-state index < -0.39 is 0 Å². The smallest absolute Gasteiger partial charge is 0.0794 e. The second-order valence-corrected chi connectivity index (χ2v) is 4.39. The monoisotopic (exact) mass is 209 g/mol. The summed E-state index contributed by atoms with van der Waals surface area (Å²) in [6, 6.07) is 2.54. The normalized spacial score (nSPS) is 20.2. The first kappa shape index (κ1) is 10.6. The average molecular weight is 209 g/mol. The number of aliphatic hydroxyl groups excluding tert-OH is 1. The third-order valence-corrected chi connectivity index (χ3v) is 3.03. The topological polar surface area (TPSA) is 41.3 Å². The van der Waals surface area contributed by atoms with Gasteiger partial charge >= 0.3 is 0 Å². The zero-order valence-electron chi connectivity index (χ0n) is 9.43. The Bertz CT molecular complexity index is 317. The van der Waals surface area contributed by atoms with Gasteiger partial charge in [0.05, 0.1) is 11.8 Å². The third kappa shape index (κ3) is 2.38. The highest BCUT2D eigenvalue weighted by molar-refractivity contribution is 5.01. The standard InChI is InChI=1S/C11H19N3O/c1-3-9(2)14-5-4-10(12-14)6-13-7-11(15)8-13/h4-5,9,11,15H,3,6-8H2,1-2H3. The van der Waals surface area contributed by atoms with E-state index in [9.17, 15) is 0 Å². The van der Waals surface area contributed by atoms with Crippen molar-refractivity contribution in [2.24, 2.45) is 0 Å². The van der Waals surface area contributed by atoms with Gasteiger partial charge in [0.1, 0.15) is 0 Å². The lowest BCUT2D eigenvalue weighted by Crippen LogP contribution is -2.49. The lowest BCUT2D eigenvalue weighted by molar-refractivity contribution is -0.00366. The highest BCUT2D eigenvalue weighted by atomic mass is 16.3. The van der Waals surface area contributed by atoms with E-state index in [1.807, 2.05) is 10.9 Å². The minimum Gasteiger partial charge on any atom is -0.390 e. The summed E-state index contributed by atoms with van der Waals surface area (Å²) in [5.41, 5.74) is 1.10. The van der Waals surface area contributed by atoms with Crippen molar-refractivity contribution in [2.75, 3.05) is 13.1 Å². The molecule has 0 aliphatic carbocycles. The van der Waals surface area contributed by atoms with E-state index >= 15 is 0 Å². The molecule has 2 rings (SSSR count). The van der Waals surface area contributed by atoms with Crippen LogP contribution in [0.3, 0.4) is 0 Å². The van der Waals surface area contributed by atoms with Crippen molar-refractivity contribution in [3.63, 3.8) is 0 Å². The fraction of sp³-hybridized carbons (Fsp3) is 0.727. The van der Waals surface area contributed by atoms with Gasteiger partial charge in [-0.1, -0.05) is 6.92 Å². The number of aromatic nitrogens is 2. The summed E-state index contributed by atoms with van der Waals surface area (Å²) in [6.45, 7) is 6.77. The molecule has 0 amide bonds. The first-order valence-corrected chi connectivity index (χ1v) is 5.63. The summed E-state index contributed by atoms with van der Waals surface area (Å²) in [5, 5.41) is 13.7. The van der Waals surface area contributed by atoms with Crippen molar-refractivity contribution in [1.82, 2.24) is 14.7 Å². The fourth-order valence-electron chi connectivity index (χ4n) is 1.80. The van der Waals surface area contributed by atoms with Gasteiger partial charge in [0.15, 0.2) is 0 Å². The molecule has 2 heterocycles. The van der Waals surface area contributed by atoms with E-state index in [1.54, 1.807) is 0 Å². The maximum absolute atomic E-state index is 9.16. The molecule has 1 atom stereocenters. The van der Waals surface area contributed by atoms with Crippen LogP contribution in [0.5, 0.6) is 0 Å². The first-order valence-electron chi connectivity index (χ1n) is 5.63. The minimum atomic E-state index is -0.123. The van der Waals surface area contributed by atoms with Gasteiger partial charge in [-0.2, -0.15) is 5.10 Å². The molecule has 1 saturated heterocycles. The van der Waals surface area contributed by atoms with Crippen molar-refractivity contribution < 1.29 is 5.11 Å². The fourth-order valence-corrected chi connectivity index (χ4v) is 1.80. The van der Waals surface area contributed by atoms with E-state index in [4.69, 9.17) is 5.11 Å². The molecule has 1 N–H and O–H groups in total. The third-order valence-electron chi connectivity index (χ3n) is 3.03. The van der Waals surface area contributed by atoms with Gasteiger partial charge in [-0.15, -0.1) is 0 Å². The zero-order valence-corrected chi connectivity index (χ0v) is 9.43. The molecule has 0 radical (unpaired) electrons. The molecule has 1 aromatic rings. The maximum Gasteiger partial charge on any atom is 0.0794 e. The van der Waals surface area contributed by atoms with Crippen molar-refractivity contribution in [2.45, 2.75) is 39.0 Å². The first-order chi connectivity index (χ1) is 7.19. The van der Waals surface area contributed by atoms with Crippen molar-refractivity contribution in [1.29, 1.82) is 0 Å². The van der Waals surface area contributed by atoms with Crippen LogP contribution in [-0.2, 0) is 6.54 Å². The Labute approximate surface area is 90.5 Å². The Kier molecular flexibility index (Phi) is 3.07. The Morgan fingerprint density at radius 3 is 2.93 bits per heavy atom. The average Bonchev–Trinajstić information content (AvgIpc) is 2.63. The summed E-state index contributed by atoms with van der Waals surface area (Å²) in [7, 11) is 0. The number of aliphatic hydroxyl groups is 1. The van der Waals surface area contributed by atoms with E-state index in [-0.39, 0.29) is 6.10 Å². The van der Waals surface area contributed by atoms with Crippen molar-refractivity contribution >= 4 is 0 Å². The van der Waals surface area contributed by atoms with Crippen LogP contribution in [0, 0.1) is 0 Å². The van der Waals surface area contributed by atoms with Gasteiger partial charge in [0, 0.05) is 31.9 Å². The van der Waals surface area contributed by atoms with Crippen molar-refractivity contribution in [3.8, 4) is 0 Å². The van der Waals surface area contributed by atoms with Crippen LogP contribution in [0.15, 0.2) is 12.3 Å². The van der Waals surface area contributed by atoms with Gasteiger partial charge in [-0.25, -0.2) is 0 Å². The number of hydrogen-bond donors (Lipinski definition) is 1. The summed E-state index contributed by atoms with van der Waals surface area (Å²) >= 11 is 0. The Morgan fingerprint density at radius 2 is 2.33 bits per heavy atom. The van der Waals surface area contributed by atoms with E-state index in [0.29, 0.717) is 6.04 Å². The predicted octanol–water partition coefficient (Wildman–Crippen LogP) is 1.03. The number of rotatable bonds is 4. The molecule has 1 aromatic heterocycles. The largest absolute Gasteiger partial charge is 0.390 e. The van der Waals surface area contributed by atoms with Gasteiger partial charge in [-0.05, 0) is 19.4 Å². The van der Waals surface area contributed by atoms with Crippen LogP contribution in [0.4, 0.5) is 0 Å². The van der Waals surface area contributed by atoms with Gasteiger partial charge < -0.3 is 5.11 Å². The Morgan fingerprint density at radius 1 is 1.60 bits per heavy atom. The Hall–Kier alpha value is -0.870. The summed E-state index contributed by atoms with van der Waals surface area (Å²) in [6.07, 6.45) is 3.02. The molecule has 1 unspecified atom stereocenters. The zero-order chi connectivity index (χ0) is 10.8. The highest BCUT2D eigenvalue weighted by Crippen LogP contribution is 2.14. The quantitative estimate of drug-likeness (QED) is 0.805. The highest BCUT2D eigenvalue weighted by Gasteiger charge is 2.24. The molecule has 0 saturated carbocycles.